The lowest BCUT2D eigenvalue weighted by Crippen LogP contribution is -2.41. The van der Waals surface area contributed by atoms with E-state index in [0.717, 1.165) is 44.1 Å². The van der Waals surface area contributed by atoms with Crippen molar-refractivity contribution in [3.63, 3.8) is 0 Å². The molecule has 0 N–H and O–H groups in total. The van der Waals surface area contributed by atoms with Gasteiger partial charge in [0.25, 0.3) is 0 Å². The Morgan fingerprint density at radius 3 is 1.45 bits per heavy atom. The number of carbonyl (C=O) groups excluding carboxylic acids is 2. The molecule has 176 valence electrons. The summed E-state index contributed by atoms with van der Waals surface area (Å²) >= 11 is 0. The number of hydrogen-bond acceptors (Lipinski definition) is 4. The first-order chi connectivity index (χ1) is 13.6. The molecule has 2 heterocycles. The minimum atomic E-state index is -0.375. The molecule has 5 nitrogen and oxygen atoms in total. The van der Waals surface area contributed by atoms with E-state index in [4.69, 9.17) is 9.53 Å². The zero-order valence-corrected chi connectivity index (χ0v) is 21.5. The van der Waals surface area contributed by atoms with Crippen LogP contribution in [0.5, 0.6) is 0 Å². The van der Waals surface area contributed by atoms with Gasteiger partial charge in [-0.05, 0) is 85.4 Å². The number of piperidine rings is 2. The van der Waals surface area contributed by atoms with Crippen LogP contribution >= 0.6 is 0 Å². The topological polar surface area (TPSA) is 49.9 Å². The average Bonchev–Trinajstić information content (AvgIpc) is 2.68. The number of nitrogens with zero attached hydrogens (tertiary/aromatic N) is 2. The van der Waals surface area contributed by atoms with Gasteiger partial charge in [0.1, 0.15) is 11.9 Å². The van der Waals surface area contributed by atoms with Crippen LogP contribution in [0.3, 0.4) is 0 Å². The number of aldehydes is 1. The summed E-state index contributed by atoms with van der Waals surface area (Å²) in [5, 5.41) is 0. The minimum Gasteiger partial charge on any atom is -0.444 e. The van der Waals surface area contributed by atoms with Gasteiger partial charge in [-0.2, -0.15) is 0 Å². The fraction of sp³-hybridized carbons (Fsp3) is 0.917. The molecule has 29 heavy (non-hydrogen) atoms. The second kappa shape index (κ2) is 20.2. The van der Waals surface area contributed by atoms with Crippen LogP contribution in [0.25, 0.3) is 0 Å². The van der Waals surface area contributed by atoms with Crippen LogP contribution in [0.1, 0.15) is 94.9 Å². The Morgan fingerprint density at radius 2 is 1.17 bits per heavy atom. The van der Waals surface area contributed by atoms with E-state index >= 15 is 0 Å². The molecule has 0 aliphatic carbocycles. The van der Waals surface area contributed by atoms with Gasteiger partial charge < -0.3 is 19.3 Å². The monoisotopic (exact) mass is 416 g/mol. The van der Waals surface area contributed by atoms with E-state index in [0.29, 0.717) is 0 Å². The van der Waals surface area contributed by atoms with Crippen molar-refractivity contribution < 1.29 is 14.3 Å². The Morgan fingerprint density at radius 1 is 0.862 bits per heavy atom. The Balaban J connectivity index is -0.000000381. The van der Waals surface area contributed by atoms with E-state index in [9.17, 15) is 4.79 Å². The van der Waals surface area contributed by atoms with E-state index in [2.05, 4.69) is 25.8 Å². The summed E-state index contributed by atoms with van der Waals surface area (Å²) in [5.74, 6) is 1.72. The summed E-state index contributed by atoms with van der Waals surface area (Å²) in [6, 6.07) is 0. The van der Waals surface area contributed by atoms with Crippen molar-refractivity contribution in [3.8, 4) is 0 Å². The highest BCUT2D eigenvalue weighted by molar-refractivity contribution is 5.68. The molecule has 0 bridgehead atoms. The zero-order valence-electron chi connectivity index (χ0n) is 21.5. The van der Waals surface area contributed by atoms with Gasteiger partial charge in [-0.15, -0.1) is 0 Å². The van der Waals surface area contributed by atoms with Crippen LogP contribution in [-0.4, -0.2) is 61.0 Å². The molecule has 2 aliphatic rings. The van der Waals surface area contributed by atoms with Gasteiger partial charge >= 0.3 is 6.09 Å². The molecule has 2 rings (SSSR count). The third kappa shape index (κ3) is 21.4. The van der Waals surface area contributed by atoms with E-state index < -0.39 is 0 Å². The van der Waals surface area contributed by atoms with Gasteiger partial charge in [0, 0.05) is 13.1 Å². The fourth-order valence-corrected chi connectivity index (χ4v) is 2.66. The zero-order chi connectivity index (χ0) is 23.5. The molecule has 0 aromatic carbocycles. The van der Waals surface area contributed by atoms with Crippen LogP contribution in [0.4, 0.5) is 4.79 Å². The first-order valence-corrected chi connectivity index (χ1v) is 11.6. The predicted octanol–water partition coefficient (Wildman–Crippen LogP) is 6.26. The fourth-order valence-electron chi connectivity index (χ4n) is 2.66. The van der Waals surface area contributed by atoms with Crippen LogP contribution in [0.2, 0.25) is 0 Å². The maximum absolute atomic E-state index is 11.6. The maximum Gasteiger partial charge on any atom is 0.410 e. The Labute approximate surface area is 182 Å². The molecule has 0 aromatic heterocycles. The average molecular weight is 417 g/mol. The number of likely N-dealkylation sites (tertiary alicyclic amines) is 2. The van der Waals surface area contributed by atoms with E-state index in [1.807, 2.05) is 53.4 Å². The molecule has 0 unspecified atom stereocenters. The third-order valence-electron chi connectivity index (χ3n) is 4.44. The van der Waals surface area contributed by atoms with Crippen LogP contribution in [-0.2, 0) is 9.53 Å². The Bertz CT molecular complexity index is 355. The number of rotatable bonds is 0. The number of ether oxygens (including phenoxy) is 1. The van der Waals surface area contributed by atoms with Crippen molar-refractivity contribution >= 4 is 12.4 Å². The summed E-state index contributed by atoms with van der Waals surface area (Å²) in [4.78, 5) is 24.6. The second-order valence-corrected chi connectivity index (χ2v) is 8.37. The van der Waals surface area contributed by atoms with Gasteiger partial charge in [0.15, 0.2) is 0 Å². The number of carbonyl (C=O) groups is 2. The van der Waals surface area contributed by atoms with Gasteiger partial charge in [-0.25, -0.2) is 4.79 Å². The molecule has 2 saturated heterocycles. The van der Waals surface area contributed by atoms with Gasteiger partial charge in [0.05, 0.1) is 0 Å². The van der Waals surface area contributed by atoms with E-state index in [1.165, 1.54) is 32.9 Å². The van der Waals surface area contributed by atoms with Crippen molar-refractivity contribution in [2.45, 2.75) is 101 Å². The quantitative estimate of drug-likeness (QED) is 0.437. The summed E-state index contributed by atoms with van der Waals surface area (Å²) in [5.41, 5.74) is -0.375. The van der Waals surface area contributed by atoms with Gasteiger partial charge in [-0.1, -0.05) is 41.5 Å². The molecule has 2 fully saturated rings. The number of hydrogen-bond donors (Lipinski definition) is 0. The lowest BCUT2D eigenvalue weighted by molar-refractivity contribution is -0.106. The molecule has 5 heteroatoms. The summed E-state index contributed by atoms with van der Waals surface area (Å²) in [6.45, 7) is 24.0. The molecule has 0 radical (unpaired) electrons. The van der Waals surface area contributed by atoms with Crippen molar-refractivity contribution in [3.05, 3.63) is 0 Å². The van der Waals surface area contributed by atoms with Crippen molar-refractivity contribution in [2.24, 2.45) is 11.8 Å². The van der Waals surface area contributed by atoms with Crippen molar-refractivity contribution in [1.82, 2.24) is 9.80 Å². The molecule has 0 spiro atoms. The summed E-state index contributed by atoms with van der Waals surface area (Å²) < 4.78 is 5.30. The third-order valence-corrected chi connectivity index (χ3v) is 4.44. The largest absolute Gasteiger partial charge is 0.444 e. The van der Waals surface area contributed by atoms with Crippen LogP contribution in [0.15, 0.2) is 0 Å². The molecule has 0 aromatic rings. The summed E-state index contributed by atoms with van der Waals surface area (Å²) in [6.07, 6.45) is 5.58. The van der Waals surface area contributed by atoms with Crippen molar-refractivity contribution in [2.75, 3.05) is 33.2 Å². The maximum atomic E-state index is 11.6. The molecule has 0 saturated carbocycles. The van der Waals surface area contributed by atoms with Gasteiger partial charge in [0.2, 0.25) is 0 Å². The Hall–Kier alpha value is -1.10. The van der Waals surface area contributed by atoms with E-state index in [1.54, 1.807) is 0 Å². The normalized spacial score (nSPS) is 17.6. The second-order valence-electron chi connectivity index (χ2n) is 8.37. The lowest BCUT2D eigenvalue weighted by Gasteiger charge is -2.32. The predicted molar refractivity (Wildman–Crippen MR) is 127 cm³/mol. The summed E-state index contributed by atoms with van der Waals surface area (Å²) in [7, 11) is 2.20. The standard InChI is InChI=1S/C11H21NO2.C7H15N.C2H4O.2C2H6/c1-9-5-7-12(8-6-9)10(13)14-11(2,3)4;1-7-3-5-8(2)6-4-7;1-2-3;2*1-2/h9H,5-8H2,1-4H3;7H,3-6H2,1-2H3;2H,1H3;2*1-2H3. The molecule has 0 atom stereocenters. The SMILES string of the molecule is CC.CC.CC1CCN(C(=O)OC(C)(C)C)CC1.CC1CCN(C)CC1.CC=O. The molecular formula is C24H52N2O3. The number of amides is 1. The lowest BCUT2D eigenvalue weighted by atomic mass is 10.00. The van der Waals surface area contributed by atoms with Crippen molar-refractivity contribution in [1.29, 1.82) is 0 Å². The first kappa shape index (κ1) is 32.6. The van der Waals surface area contributed by atoms with Gasteiger partial charge in [-0.3, -0.25) is 0 Å². The molecule has 2 aliphatic heterocycles. The molecule has 1 amide bonds. The van der Waals surface area contributed by atoms with Crippen LogP contribution in [0, 0.1) is 11.8 Å². The molecular weight excluding hydrogens is 364 g/mol. The Kier molecular flexibility index (Phi) is 22.7. The van der Waals surface area contributed by atoms with E-state index in [-0.39, 0.29) is 11.7 Å². The smallest absolute Gasteiger partial charge is 0.410 e. The first-order valence-electron chi connectivity index (χ1n) is 11.6. The highest BCUT2D eigenvalue weighted by Crippen LogP contribution is 2.18. The highest BCUT2D eigenvalue weighted by Gasteiger charge is 2.25. The highest BCUT2D eigenvalue weighted by atomic mass is 16.6. The van der Waals surface area contributed by atoms with Crippen LogP contribution < -0.4 is 0 Å². The minimum absolute atomic E-state index is 0.163.